The van der Waals surface area contributed by atoms with E-state index >= 15 is 0 Å². The molecule has 1 aromatic rings. The highest BCUT2D eigenvalue weighted by molar-refractivity contribution is 5.92. The lowest BCUT2D eigenvalue weighted by Gasteiger charge is -2.13. The third-order valence-corrected chi connectivity index (χ3v) is 2.03. The number of carbonyl (C=O) groups excluding carboxylic acids is 1. The molecule has 1 heterocycles. The van der Waals surface area contributed by atoms with E-state index in [0.717, 1.165) is 7.11 Å². The Kier molecular flexibility index (Phi) is 3.73. The summed E-state index contributed by atoms with van der Waals surface area (Å²) in [4.78, 5) is 23.7. The molecule has 0 atom stereocenters. The quantitative estimate of drug-likeness (QED) is 0.662. The molecule has 0 saturated heterocycles. The third-order valence-electron chi connectivity index (χ3n) is 2.03. The van der Waals surface area contributed by atoms with Gasteiger partial charge in [0.25, 0.3) is 12.0 Å². The van der Waals surface area contributed by atoms with E-state index < -0.39 is 40.8 Å². The summed E-state index contributed by atoms with van der Waals surface area (Å²) in [5.74, 6) is -1.65. The van der Waals surface area contributed by atoms with Crippen molar-refractivity contribution in [1.82, 2.24) is 4.98 Å². The summed E-state index contributed by atoms with van der Waals surface area (Å²) in [6.45, 7) is 0. The standard InChI is InChI=1S/C9H6F5NO3/c1-18-8(17)4-3(6(10)11)2-15-7(16)5(4)9(12,13)14/h2,6H,1H3,(H,15,16). The molecule has 0 radical (unpaired) electrons. The van der Waals surface area contributed by atoms with E-state index in [1.807, 2.05) is 0 Å². The molecule has 1 rings (SSSR count). The molecule has 0 aromatic carbocycles. The molecule has 0 fully saturated rings. The number of aromatic amines is 1. The van der Waals surface area contributed by atoms with Crippen LogP contribution in [-0.2, 0) is 10.9 Å². The molecular weight excluding hydrogens is 265 g/mol. The van der Waals surface area contributed by atoms with Gasteiger partial charge in [-0.05, 0) is 0 Å². The number of methoxy groups -OCH3 is 1. The highest BCUT2D eigenvalue weighted by Crippen LogP contribution is 2.33. The number of esters is 1. The lowest BCUT2D eigenvalue weighted by atomic mass is 10.0. The molecular formula is C9H6F5NO3. The number of carbonyl (C=O) groups is 1. The number of ether oxygens (including phenoxy) is 1. The van der Waals surface area contributed by atoms with Gasteiger partial charge >= 0.3 is 12.1 Å². The molecule has 9 heteroatoms. The van der Waals surface area contributed by atoms with Gasteiger partial charge in [0.05, 0.1) is 12.7 Å². The summed E-state index contributed by atoms with van der Waals surface area (Å²) in [5.41, 5.74) is -6.39. The summed E-state index contributed by atoms with van der Waals surface area (Å²) in [7, 11) is 0.721. The van der Waals surface area contributed by atoms with Crippen molar-refractivity contribution in [2.75, 3.05) is 7.11 Å². The van der Waals surface area contributed by atoms with Crippen molar-refractivity contribution in [3.63, 3.8) is 0 Å². The van der Waals surface area contributed by atoms with E-state index in [1.165, 1.54) is 4.98 Å². The van der Waals surface area contributed by atoms with Gasteiger partial charge in [-0.2, -0.15) is 13.2 Å². The molecule has 1 N–H and O–H groups in total. The van der Waals surface area contributed by atoms with Crippen molar-refractivity contribution >= 4 is 5.97 Å². The maximum absolute atomic E-state index is 12.6. The normalized spacial score (nSPS) is 11.7. The molecule has 100 valence electrons. The Morgan fingerprint density at radius 3 is 2.33 bits per heavy atom. The Hall–Kier alpha value is -1.93. The molecule has 0 unspecified atom stereocenters. The maximum atomic E-state index is 12.6. The average Bonchev–Trinajstić information content (AvgIpc) is 2.25. The molecule has 0 saturated carbocycles. The lowest BCUT2D eigenvalue weighted by Crippen LogP contribution is -2.28. The van der Waals surface area contributed by atoms with Gasteiger partial charge in [0, 0.05) is 11.8 Å². The topological polar surface area (TPSA) is 59.2 Å². The Morgan fingerprint density at radius 1 is 1.39 bits per heavy atom. The number of hydrogen-bond donors (Lipinski definition) is 1. The van der Waals surface area contributed by atoms with Crippen molar-refractivity contribution in [2.45, 2.75) is 12.6 Å². The van der Waals surface area contributed by atoms with Gasteiger partial charge in [-0.1, -0.05) is 0 Å². The van der Waals surface area contributed by atoms with Crippen LogP contribution in [0.5, 0.6) is 0 Å². The van der Waals surface area contributed by atoms with Gasteiger partial charge in [-0.25, -0.2) is 13.6 Å². The van der Waals surface area contributed by atoms with Gasteiger partial charge in [0.1, 0.15) is 5.56 Å². The number of rotatable bonds is 2. The van der Waals surface area contributed by atoms with Crippen molar-refractivity contribution < 1.29 is 31.5 Å². The van der Waals surface area contributed by atoms with Crippen LogP contribution in [0.25, 0.3) is 0 Å². The Morgan fingerprint density at radius 2 is 1.94 bits per heavy atom. The number of pyridine rings is 1. The van der Waals surface area contributed by atoms with Gasteiger partial charge in [0.15, 0.2) is 0 Å². The van der Waals surface area contributed by atoms with Crippen LogP contribution in [-0.4, -0.2) is 18.1 Å². The van der Waals surface area contributed by atoms with E-state index in [-0.39, 0.29) is 0 Å². The predicted molar refractivity (Wildman–Crippen MR) is 48.4 cm³/mol. The minimum Gasteiger partial charge on any atom is -0.465 e. The highest BCUT2D eigenvalue weighted by Gasteiger charge is 2.41. The van der Waals surface area contributed by atoms with Crippen LogP contribution in [0.3, 0.4) is 0 Å². The number of halogens is 5. The largest absolute Gasteiger partial charge is 0.465 e. The Balaban J connectivity index is 3.72. The number of H-pyrrole nitrogens is 1. The van der Waals surface area contributed by atoms with E-state index in [2.05, 4.69) is 4.74 Å². The second kappa shape index (κ2) is 4.75. The molecule has 0 aliphatic carbocycles. The zero-order valence-electron chi connectivity index (χ0n) is 8.77. The molecule has 0 amide bonds. The van der Waals surface area contributed by atoms with Gasteiger partial charge < -0.3 is 9.72 Å². The number of alkyl halides is 5. The van der Waals surface area contributed by atoms with Crippen LogP contribution < -0.4 is 5.56 Å². The van der Waals surface area contributed by atoms with Crippen molar-refractivity contribution in [3.8, 4) is 0 Å². The summed E-state index contributed by atoms with van der Waals surface area (Å²) >= 11 is 0. The molecule has 0 aliphatic rings. The number of aromatic nitrogens is 1. The first-order valence-electron chi connectivity index (χ1n) is 4.39. The lowest BCUT2D eigenvalue weighted by molar-refractivity contribution is -0.139. The molecule has 18 heavy (non-hydrogen) atoms. The average molecular weight is 271 g/mol. The molecule has 0 aliphatic heterocycles. The fourth-order valence-corrected chi connectivity index (χ4v) is 1.31. The Labute approximate surface area is 96.4 Å². The van der Waals surface area contributed by atoms with E-state index in [9.17, 15) is 31.5 Å². The van der Waals surface area contributed by atoms with Crippen LogP contribution in [0.15, 0.2) is 11.0 Å². The van der Waals surface area contributed by atoms with Crippen LogP contribution in [0.1, 0.15) is 27.9 Å². The van der Waals surface area contributed by atoms with Crippen molar-refractivity contribution in [1.29, 1.82) is 0 Å². The smallest absolute Gasteiger partial charge is 0.422 e. The molecule has 0 spiro atoms. The molecule has 4 nitrogen and oxygen atoms in total. The fraction of sp³-hybridized carbons (Fsp3) is 0.333. The monoisotopic (exact) mass is 271 g/mol. The minimum absolute atomic E-state index is 0.356. The second-order valence-corrected chi connectivity index (χ2v) is 3.11. The van der Waals surface area contributed by atoms with E-state index in [1.54, 1.807) is 0 Å². The van der Waals surface area contributed by atoms with Crippen molar-refractivity contribution in [3.05, 3.63) is 33.2 Å². The van der Waals surface area contributed by atoms with Crippen LogP contribution in [0.2, 0.25) is 0 Å². The van der Waals surface area contributed by atoms with E-state index in [0.29, 0.717) is 6.20 Å². The summed E-state index contributed by atoms with van der Waals surface area (Å²) in [6, 6.07) is 0. The van der Waals surface area contributed by atoms with Crippen LogP contribution >= 0.6 is 0 Å². The maximum Gasteiger partial charge on any atom is 0.422 e. The summed E-state index contributed by atoms with van der Waals surface area (Å²) in [6.07, 6.45) is -8.26. The summed E-state index contributed by atoms with van der Waals surface area (Å²) in [5, 5.41) is 0. The van der Waals surface area contributed by atoms with Gasteiger partial charge in [-0.15, -0.1) is 0 Å². The first-order valence-corrected chi connectivity index (χ1v) is 4.39. The number of hydrogen-bond acceptors (Lipinski definition) is 3. The first kappa shape index (κ1) is 14.1. The second-order valence-electron chi connectivity index (χ2n) is 3.11. The van der Waals surface area contributed by atoms with Crippen molar-refractivity contribution in [2.24, 2.45) is 0 Å². The van der Waals surface area contributed by atoms with E-state index in [4.69, 9.17) is 0 Å². The molecule has 0 bridgehead atoms. The van der Waals surface area contributed by atoms with Crippen LogP contribution in [0.4, 0.5) is 22.0 Å². The first-order chi connectivity index (χ1) is 8.20. The van der Waals surface area contributed by atoms with Gasteiger partial charge in [-0.3, -0.25) is 4.79 Å². The molecule has 1 aromatic heterocycles. The minimum atomic E-state index is -5.25. The van der Waals surface area contributed by atoms with Crippen LogP contribution in [0, 0.1) is 0 Å². The SMILES string of the molecule is COC(=O)c1c(C(F)F)c[nH]c(=O)c1C(F)(F)F. The fourth-order valence-electron chi connectivity index (χ4n) is 1.31. The third kappa shape index (κ3) is 2.49. The Bertz CT molecular complexity index is 520. The highest BCUT2D eigenvalue weighted by atomic mass is 19.4. The predicted octanol–water partition coefficient (Wildman–Crippen LogP) is 2.12. The van der Waals surface area contributed by atoms with Gasteiger partial charge in [0.2, 0.25) is 0 Å². The number of nitrogens with one attached hydrogen (secondary N) is 1. The zero-order chi connectivity index (χ0) is 14.1. The summed E-state index contributed by atoms with van der Waals surface area (Å²) < 4.78 is 66.8. The zero-order valence-corrected chi connectivity index (χ0v) is 8.77.